The predicted molar refractivity (Wildman–Crippen MR) is 85.1 cm³/mol. The topological polar surface area (TPSA) is 15.7 Å². The monoisotopic (exact) mass is 282 g/mol. The van der Waals surface area contributed by atoms with Crippen LogP contribution < -0.4 is 0 Å². The van der Waals surface area contributed by atoms with Crippen LogP contribution in [-0.2, 0) is 4.74 Å². The average Bonchev–Trinajstić information content (AvgIpc) is 2.45. The summed E-state index contributed by atoms with van der Waals surface area (Å²) in [6, 6.07) is 0.778. The fourth-order valence-electron chi connectivity index (χ4n) is 3.71. The van der Waals surface area contributed by atoms with E-state index in [0.717, 1.165) is 31.7 Å². The molecule has 2 rings (SSSR count). The molecule has 20 heavy (non-hydrogen) atoms. The van der Waals surface area contributed by atoms with Gasteiger partial charge < -0.3 is 9.64 Å². The standard InChI is InChI=1S/C17H34N2O/c1-5-19-12-13-20-17(14-19)9-6-16(7-10-17)18(4)11-8-15(2)3/h15-16H,5-14H2,1-4H3. The van der Waals surface area contributed by atoms with Crippen molar-refractivity contribution in [2.45, 2.75) is 64.5 Å². The molecule has 1 aliphatic heterocycles. The van der Waals surface area contributed by atoms with Crippen molar-refractivity contribution in [3.63, 3.8) is 0 Å². The maximum absolute atomic E-state index is 6.20. The van der Waals surface area contributed by atoms with E-state index in [0.29, 0.717) is 0 Å². The lowest BCUT2D eigenvalue weighted by atomic mass is 9.80. The largest absolute Gasteiger partial charge is 0.372 e. The molecule has 2 fully saturated rings. The van der Waals surface area contributed by atoms with Gasteiger partial charge in [0.05, 0.1) is 12.2 Å². The van der Waals surface area contributed by atoms with E-state index in [1.165, 1.54) is 45.2 Å². The van der Waals surface area contributed by atoms with Crippen LogP contribution >= 0.6 is 0 Å². The van der Waals surface area contributed by atoms with Gasteiger partial charge in [-0.05, 0) is 58.2 Å². The van der Waals surface area contributed by atoms with Crippen LogP contribution in [0.1, 0.15) is 52.9 Å². The molecule has 0 bridgehead atoms. The van der Waals surface area contributed by atoms with E-state index in [-0.39, 0.29) is 5.60 Å². The SMILES string of the molecule is CCN1CCOC2(CCC(N(C)CCC(C)C)CC2)C1. The van der Waals surface area contributed by atoms with Crippen molar-refractivity contribution >= 4 is 0 Å². The van der Waals surface area contributed by atoms with Gasteiger partial charge >= 0.3 is 0 Å². The van der Waals surface area contributed by atoms with E-state index in [4.69, 9.17) is 4.74 Å². The number of morpholine rings is 1. The maximum Gasteiger partial charge on any atom is 0.0810 e. The van der Waals surface area contributed by atoms with Gasteiger partial charge in [0.1, 0.15) is 0 Å². The van der Waals surface area contributed by atoms with Crippen LogP contribution in [0, 0.1) is 5.92 Å². The quantitative estimate of drug-likeness (QED) is 0.771. The molecule has 0 N–H and O–H groups in total. The number of hydrogen-bond acceptors (Lipinski definition) is 3. The third kappa shape index (κ3) is 4.19. The van der Waals surface area contributed by atoms with Gasteiger partial charge in [0.2, 0.25) is 0 Å². The molecule has 1 heterocycles. The van der Waals surface area contributed by atoms with Crippen LogP contribution in [0.4, 0.5) is 0 Å². The van der Waals surface area contributed by atoms with Crippen molar-refractivity contribution in [3.8, 4) is 0 Å². The summed E-state index contributed by atoms with van der Waals surface area (Å²) in [6.07, 6.45) is 6.44. The second kappa shape index (κ2) is 7.24. The second-order valence-corrected chi connectivity index (χ2v) is 7.29. The summed E-state index contributed by atoms with van der Waals surface area (Å²) in [5, 5.41) is 0. The molecule has 0 radical (unpaired) electrons. The Morgan fingerprint density at radius 3 is 2.60 bits per heavy atom. The smallest absolute Gasteiger partial charge is 0.0810 e. The predicted octanol–water partition coefficient (Wildman–Crippen LogP) is 3.00. The molecule has 3 nitrogen and oxygen atoms in total. The molecule has 3 heteroatoms. The van der Waals surface area contributed by atoms with Crippen LogP contribution in [0.5, 0.6) is 0 Å². The van der Waals surface area contributed by atoms with Gasteiger partial charge in [-0.15, -0.1) is 0 Å². The Labute approximate surface area is 125 Å². The number of hydrogen-bond donors (Lipinski definition) is 0. The van der Waals surface area contributed by atoms with Crippen LogP contribution in [0.25, 0.3) is 0 Å². The zero-order chi connectivity index (χ0) is 14.6. The minimum absolute atomic E-state index is 0.184. The van der Waals surface area contributed by atoms with E-state index < -0.39 is 0 Å². The third-order valence-corrected chi connectivity index (χ3v) is 5.32. The van der Waals surface area contributed by atoms with Crippen molar-refractivity contribution < 1.29 is 4.74 Å². The Balaban J connectivity index is 1.79. The van der Waals surface area contributed by atoms with Gasteiger partial charge in [0.15, 0.2) is 0 Å². The minimum Gasteiger partial charge on any atom is -0.372 e. The van der Waals surface area contributed by atoms with Crippen molar-refractivity contribution in [2.75, 3.05) is 39.8 Å². The number of nitrogens with zero attached hydrogens (tertiary/aromatic N) is 2. The molecule has 1 saturated heterocycles. The zero-order valence-corrected chi connectivity index (χ0v) is 14.0. The Morgan fingerprint density at radius 1 is 1.30 bits per heavy atom. The first-order chi connectivity index (χ1) is 9.54. The normalized spacial score (nSPS) is 32.4. The van der Waals surface area contributed by atoms with Crippen molar-refractivity contribution in [2.24, 2.45) is 5.92 Å². The fraction of sp³-hybridized carbons (Fsp3) is 1.00. The summed E-state index contributed by atoms with van der Waals surface area (Å²) in [4.78, 5) is 5.15. The Morgan fingerprint density at radius 2 is 2.00 bits per heavy atom. The van der Waals surface area contributed by atoms with Gasteiger partial charge in [0.25, 0.3) is 0 Å². The van der Waals surface area contributed by atoms with E-state index >= 15 is 0 Å². The molecule has 0 atom stereocenters. The minimum atomic E-state index is 0.184. The van der Waals surface area contributed by atoms with Crippen molar-refractivity contribution in [1.82, 2.24) is 9.80 Å². The summed E-state index contributed by atoms with van der Waals surface area (Å²) in [6.45, 7) is 12.5. The third-order valence-electron chi connectivity index (χ3n) is 5.32. The Hall–Kier alpha value is -0.120. The molecule has 118 valence electrons. The molecule has 1 spiro atoms. The first-order valence-electron chi connectivity index (χ1n) is 8.61. The summed E-state index contributed by atoms with van der Waals surface area (Å²) in [5.74, 6) is 0.812. The van der Waals surface area contributed by atoms with Crippen LogP contribution in [0.3, 0.4) is 0 Å². The lowest BCUT2D eigenvalue weighted by molar-refractivity contribution is -0.132. The average molecular weight is 282 g/mol. The molecule has 0 aromatic carbocycles. The van der Waals surface area contributed by atoms with Gasteiger partial charge in [-0.2, -0.15) is 0 Å². The summed E-state index contributed by atoms with van der Waals surface area (Å²) in [5.41, 5.74) is 0.184. The molecule has 0 amide bonds. The number of rotatable bonds is 5. The van der Waals surface area contributed by atoms with Crippen LogP contribution in [0.2, 0.25) is 0 Å². The van der Waals surface area contributed by atoms with Crippen molar-refractivity contribution in [1.29, 1.82) is 0 Å². The van der Waals surface area contributed by atoms with Gasteiger partial charge in [-0.3, -0.25) is 4.90 Å². The maximum atomic E-state index is 6.20. The molecule has 2 aliphatic rings. The lowest BCUT2D eigenvalue weighted by Gasteiger charge is -2.47. The number of ether oxygens (including phenoxy) is 1. The molecular weight excluding hydrogens is 248 g/mol. The van der Waals surface area contributed by atoms with E-state index in [1.54, 1.807) is 0 Å². The number of likely N-dealkylation sites (N-methyl/N-ethyl adjacent to an activating group) is 1. The first kappa shape index (κ1) is 16.3. The molecule has 1 aliphatic carbocycles. The van der Waals surface area contributed by atoms with Crippen molar-refractivity contribution in [3.05, 3.63) is 0 Å². The van der Waals surface area contributed by atoms with E-state index in [2.05, 4.69) is 37.6 Å². The lowest BCUT2D eigenvalue weighted by Crippen LogP contribution is -2.54. The molecule has 0 aromatic heterocycles. The molecule has 0 unspecified atom stereocenters. The molecular formula is C17H34N2O. The highest BCUT2D eigenvalue weighted by Gasteiger charge is 2.40. The Bertz CT molecular complexity index is 285. The van der Waals surface area contributed by atoms with Crippen LogP contribution in [0.15, 0.2) is 0 Å². The molecule has 1 saturated carbocycles. The highest BCUT2D eigenvalue weighted by Crippen LogP contribution is 2.36. The fourth-order valence-corrected chi connectivity index (χ4v) is 3.71. The molecule has 0 aromatic rings. The highest BCUT2D eigenvalue weighted by atomic mass is 16.5. The van der Waals surface area contributed by atoms with Gasteiger partial charge in [0, 0.05) is 19.1 Å². The zero-order valence-electron chi connectivity index (χ0n) is 14.0. The first-order valence-corrected chi connectivity index (χ1v) is 8.61. The van der Waals surface area contributed by atoms with Gasteiger partial charge in [-0.25, -0.2) is 0 Å². The van der Waals surface area contributed by atoms with Crippen LogP contribution in [-0.4, -0.2) is 61.3 Å². The Kier molecular flexibility index (Phi) is 5.88. The summed E-state index contributed by atoms with van der Waals surface area (Å²) >= 11 is 0. The second-order valence-electron chi connectivity index (χ2n) is 7.29. The van der Waals surface area contributed by atoms with Gasteiger partial charge in [-0.1, -0.05) is 20.8 Å². The highest BCUT2D eigenvalue weighted by molar-refractivity contribution is 4.94. The summed E-state index contributed by atoms with van der Waals surface area (Å²) in [7, 11) is 2.31. The van der Waals surface area contributed by atoms with E-state index in [9.17, 15) is 0 Å². The summed E-state index contributed by atoms with van der Waals surface area (Å²) < 4.78 is 6.20. The van der Waals surface area contributed by atoms with E-state index in [1.807, 2.05) is 0 Å².